The van der Waals surface area contributed by atoms with Crippen LogP contribution in [0.1, 0.15) is 15.9 Å². The number of nitrogens with zero attached hydrogens (tertiary/aromatic N) is 2. The quantitative estimate of drug-likeness (QED) is 0.786. The molecule has 0 aromatic heterocycles. The van der Waals surface area contributed by atoms with Gasteiger partial charge in [-0.25, -0.2) is 0 Å². The lowest BCUT2D eigenvalue weighted by Gasteiger charge is -2.30. The summed E-state index contributed by atoms with van der Waals surface area (Å²) in [6.07, 6.45) is 0. The second kappa shape index (κ2) is 6.36. The van der Waals surface area contributed by atoms with Gasteiger partial charge in [0.15, 0.2) is 0 Å². The van der Waals surface area contributed by atoms with Gasteiger partial charge in [0.25, 0.3) is 5.91 Å². The van der Waals surface area contributed by atoms with Gasteiger partial charge in [-0.15, -0.1) is 0 Å². The van der Waals surface area contributed by atoms with Crippen LogP contribution in [0.15, 0.2) is 12.1 Å². The van der Waals surface area contributed by atoms with E-state index in [-0.39, 0.29) is 11.9 Å². The second-order valence-corrected chi connectivity index (χ2v) is 7.09. The van der Waals surface area contributed by atoms with Crippen molar-refractivity contribution in [2.45, 2.75) is 13.0 Å². The first kappa shape index (κ1) is 16.1. The maximum absolute atomic E-state index is 12.9. The van der Waals surface area contributed by atoms with Crippen molar-refractivity contribution in [1.82, 2.24) is 9.80 Å². The Morgan fingerprint density at radius 3 is 2.55 bits per heavy atom. The third-order valence-electron chi connectivity index (χ3n) is 4.56. The summed E-state index contributed by atoms with van der Waals surface area (Å²) >= 11 is 12.3. The molecule has 0 saturated carbocycles. The van der Waals surface area contributed by atoms with Gasteiger partial charge >= 0.3 is 0 Å². The van der Waals surface area contributed by atoms with Crippen molar-refractivity contribution >= 4 is 29.1 Å². The number of fused-ring (bicyclic) bond motifs is 3. The van der Waals surface area contributed by atoms with Crippen LogP contribution in [0.25, 0.3) is 0 Å². The molecule has 6 heteroatoms. The molecule has 2 heterocycles. The molecule has 2 aliphatic rings. The van der Waals surface area contributed by atoms with Gasteiger partial charge in [0.2, 0.25) is 0 Å². The number of amides is 1. The molecule has 0 radical (unpaired) electrons. The van der Waals surface area contributed by atoms with E-state index in [1.807, 2.05) is 11.8 Å². The second-order valence-electron chi connectivity index (χ2n) is 6.27. The number of hydrogen-bond acceptors (Lipinski definition) is 3. The average molecular weight is 343 g/mol. The lowest BCUT2D eigenvalue weighted by Crippen LogP contribution is -2.44. The predicted molar refractivity (Wildman–Crippen MR) is 87.8 cm³/mol. The highest BCUT2D eigenvalue weighted by atomic mass is 35.5. The van der Waals surface area contributed by atoms with Crippen molar-refractivity contribution in [1.29, 1.82) is 0 Å². The predicted octanol–water partition coefficient (Wildman–Crippen LogP) is 2.70. The largest absolute Gasteiger partial charge is 0.379 e. The molecule has 2 saturated heterocycles. The Kier molecular flexibility index (Phi) is 4.64. The monoisotopic (exact) mass is 342 g/mol. The van der Waals surface area contributed by atoms with Crippen LogP contribution in [0.3, 0.4) is 0 Å². The van der Waals surface area contributed by atoms with Gasteiger partial charge in [-0.1, -0.05) is 23.2 Å². The fraction of sp³-hybridized carbons (Fsp3) is 0.562. The summed E-state index contributed by atoms with van der Waals surface area (Å²) in [5, 5.41) is 1.07. The van der Waals surface area contributed by atoms with E-state index in [1.54, 1.807) is 12.1 Å². The van der Waals surface area contributed by atoms with Gasteiger partial charge in [0, 0.05) is 41.2 Å². The number of likely N-dealkylation sites (N-methyl/N-ethyl adjacent to an activating group) is 1. The number of carbonyl (C=O) groups excluding carboxylic acids is 1. The first-order chi connectivity index (χ1) is 10.5. The molecule has 120 valence electrons. The Bertz CT molecular complexity index is 571. The van der Waals surface area contributed by atoms with Crippen molar-refractivity contribution in [2.75, 3.05) is 39.9 Å². The van der Waals surface area contributed by atoms with Crippen LogP contribution in [-0.4, -0.2) is 61.6 Å². The Balaban J connectivity index is 1.86. The number of hydrogen-bond donors (Lipinski definition) is 0. The zero-order valence-electron chi connectivity index (χ0n) is 12.8. The van der Waals surface area contributed by atoms with Gasteiger partial charge in [-0.2, -0.15) is 0 Å². The standard InChI is InChI=1S/C16H20Cl2N2O2/c1-10-14(17)3-12(4-15(10)18)16(21)20-6-11-5-19(2)13(7-20)9-22-8-11/h3-4,11,13H,5-9H2,1-2H3/t11-,13+/m1/s1. The van der Waals surface area contributed by atoms with Gasteiger partial charge in [0.05, 0.1) is 19.3 Å². The van der Waals surface area contributed by atoms with Crippen molar-refractivity contribution in [3.63, 3.8) is 0 Å². The average Bonchev–Trinajstić information content (AvgIpc) is 2.71. The summed E-state index contributed by atoms with van der Waals surface area (Å²) in [4.78, 5) is 17.1. The lowest BCUT2D eigenvalue weighted by molar-refractivity contribution is 0.0434. The van der Waals surface area contributed by atoms with Crippen molar-refractivity contribution in [2.24, 2.45) is 5.92 Å². The molecular formula is C16H20Cl2N2O2. The van der Waals surface area contributed by atoms with E-state index in [2.05, 4.69) is 11.9 Å². The molecule has 0 N–H and O–H groups in total. The Hall–Kier alpha value is -0.810. The lowest BCUT2D eigenvalue weighted by atomic mass is 10.1. The molecule has 22 heavy (non-hydrogen) atoms. The molecule has 1 amide bonds. The fourth-order valence-electron chi connectivity index (χ4n) is 3.17. The van der Waals surface area contributed by atoms with Crippen molar-refractivity contribution in [3.05, 3.63) is 33.3 Å². The maximum atomic E-state index is 12.9. The summed E-state index contributed by atoms with van der Waals surface area (Å²) in [6, 6.07) is 3.67. The van der Waals surface area contributed by atoms with E-state index >= 15 is 0 Å². The first-order valence-corrected chi connectivity index (χ1v) is 8.24. The molecule has 2 atom stereocenters. The zero-order valence-corrected chi connectivity index (χ0v) is 14.3. The molecule has 1 aromatic carbocycles. The Morgan fingerprint density at radius 1 is 1.18 bits per heavy atom. The molecule has 0 spiro atoms. The fourth-order valence-corrected chi connectivity index (χ4v) is 3.65. The van der Waals surface area contributed by atoms with E-state index in [1.165, 1.54) is 0 Å². The first-order valence-electron chi connectivity index (χ1n) is 7.48. The highest BCUT2D eigenvalue weighted by Crippen LogP contribution is 2.27. The highest BCUT2D eigenvalue weighted by Gasteiger charge is 2.33. The van der Waals surface area contributed by atoms with Crippen LogP contribution in [0.5, 0.6) is 0 Å². The molecule has 2 aliphatic heterocycles. The summed E-state index contributed by atoms with van der Waals surface area (Å²) in [6.45, 7) is 5.58. The van der Waals surface area contributed by atoms with Crippen LogP contribution < -0.4 is 0 Å². The summed E-state index contributed by atoms with van der Waals surface area (Å²) < 4.78 is 5.70. The smallest absolute Gasteiger partial charge is 0.254 e. The topological polar surface area (TPSA) is 32.8 Å². The van der Waals surface area contributed by atoms with Crippen LogP contribution in [0.4, 0.5) is 0 Å². The van der Waals surface area contributed by atoms with Crippen LogP contribution in [0.2, 0.25) is 10.0 Å². The summed E-state index contributed by atoms with van der Waals surface area (Å²) in [7, 11) is 2.10. The minimum Gasteiger partial charge on any atom is -0.379 e. The normalized spacial score (nSPS) is 25.9. The SMILES string of the molecule is Cc1c(Cl)cc(C(=O)N2C[C@@H]3COC[C@H](C2)N(C)C3)cc1Cl. The van der Waals surface area contributed by atoms with E-state index < -0.39 is 0 Å². The van der Waals surface area contributed by atoms with Gasteiger partial charge in [-0.05, 0) is 31.7 Å². The van der Waals surface area contributed by atoms with Crippen LogP contribution >= 0.6 is 23.2 Å². The molecular weight excluding hydrogens is 323 g/mol. The van der Waals surface area contributed by atoms with E-state index in [0.29, 0.717) is 47.8 Å². The minimum atomic E-state index is -0.00370. The van der Waals surface area contributed by atoms with Crippen LogP contribution in [-0.2, 0) is 4.74 Å². The third kappa shape index (κ3) is 3.11. The zero-order chi connectivity index (χ0) is 15.9. The van der Waals surface area contributed by atoms with E-state index in [0.717, 1.165) is 12.1 Å². The third-order valence-corrected chi connectivity index (χ3v) is 5.34. The van der Waals surface area contributed by atoms with Crippen molar-refractivity contribution < 1.29 is 9.53 Å². The molecule has 3 rings (SSSR count). The molecule has 0 unspecified atom stereocenters. The number of benzene rings is 1. The summed E-state index contributed by atoms with van der Waals surface area (Å²) in [5.74, 6) is 0.342. The molecule has 0 aliphatic carbocycles. The minimum absolute atomic E-state index is 0.00370. The highest BCUT2D eigenvalue weighted by molar-refractivity contribution is 6.36. The van der Waals surface area contributed by atoms with Crippen LogP contribution in [0, 0.1) is 12.8 Å². The molecule has 2 fully saturated rings. The molecule has 1 aromatic rings. The van der Waals surface area contributed by atoms with Gasteiger partial charge in [0.1, 0.15) is 0 Å². The molecule has 4 nitrogen and oxygen atoms in total. The van der Waals surface area contributed by atoms with Crippen molar-refractivity contribution in [3.8, 4) is 0 Å². The molecule has 2 bridgehead atoms. The number of halogens is 2. The Labute approximate surface area is 140 Å². The Morgan fingerprint density at radius 2 is 1.86 bits per heavy atom. The number of carbonyl (C=O) groups is 1. The van der Waals surface area contributed by atoms with E-state index in [4.69, 9.17) is 27.9 Å². The van der Waals surface area contributed by atoms with E-state index in [9.17, 15) is 4.79 Å². The summed E-state index contributed by atoms with van der Waals surface area (Å²) in [5.41, 5.74) is 1.37. The number of rotatable bonds is 1. The maximum Gasteiger partial charge on any atom is 0.254 e. The van der Waals surface area contributed by atoms with Gasteiger partial charge < -0.3 is 9.64 Å². The number of ether oxygens (including phenoxy) is 1. The van der Waals surface area contributed by atoms with Gasteiger partial charge in [-0.3, -0.25) is 9.69 Å².